The van der Waals surface area contributed by atoms with Gasteiger partial charge in [-0.3, -0.25) is 4.90 Å². The molecule has 1 aromatic rings. The minimum Gasteiger partial charge on any atom is -0.314 e. The van der Waals surface area contributed by atoms with E-state index in [1.165, 1.54) is 18.7 Å². The number of nitrogens with one attached hydrogen (secondary N) is 1. The van der Waals surface area contributed by atoms with Crippen molar-refractivity contribution in [2.75, 3.05) is 19.6 Å². The molecule has 1 aliphatic heterocycles. The molecule has 0 aliphatic carbocycles. The highest BCUT2D eigenvalue weighted by molar-refractivity contribution is 5.14. The largest absolute Gasteiger partial charge is 0.314 e. The summed E-state index contributed by atoms with van der Waals surface area (Å²) in [5.41, 5.74) is 1.43. The van der Waals surface area contributed by atoms with Crippen LogP contribution in [0.25, 0.3) is 0 Å². The summed E-state index contributed by atoms with van der Waals surface area (Å²) in [7, 11) is 0. The van der Waals surface area contributed by atoms with E-state index in [0.29, 0.717) is 6.04 Å². The van der Waals surface area contributed by atoms with E-state index in [9.17, 15) is 0 Å². The Labute approximate surface area is 111 Å². The second-order valence-corrected chi connectivity index (χ2v) is 5.72. The van der Waals surface area contributed by atoms with Gasteiger partial charge in [-0.05, 0) is 23.9 Å². The molecule has 0 radical (unpaired) electrons. The zero-order valence-electron chi connectivity index (χ0n) is 11.9. The van der Waals surface area contributed by atoms with Crippen molar-refractivity contribution in [3.63, 3.8) is 0 Å². The van der Waals surface area contributed by atoms with E-state index >= 15 is 0 Å². The van der Waals surface area contributed by atoms with Crippen LogP contribution in [0.2, 0.25) is 0 Å². The summed E-state index contributed by atoms with van der Waals surface area (Å²) in [6, 6.07) is 11.5. The van der Waals surface area contributed by atoms with Crippen LogP contribution in [0, 0.1) is 11.8 Å². The summed E-state index contributed by atoms with van der Waals surface area (Å²) in [4.78, 5) is 2.60. The van der Waals surface area contributed by atoms with Gasteiger partial charge in [-0.15, -0.1) is 0 Å². The fourth-order valence-corrected chi connectivity index (χ4v) is 3.29. The van der Waals surface area contributed by atoms with E-state index in [-0.39, 0.29) is 0 Å². The van der Waals surface area contributed by atoms with Gasteiger partial charge >= 0.3 is 0 Å². The Bertz CT molecular complexity index is 337. The first kappa shape index (κ1) is 13.6. The third-order valence-electron chi connectivity index (χ3n) is 4.01. The molecule has 2 rings (SSSR count). The van der Waals surface area contributed by atoms with Crippen molar-refractivity contribution in [1.82, 2.24) is 10.2 Å². The molecule has 1 fully saturated rings. The molecule has 100 valence electrons. The van der Waals surface area contributed by atoms with Crippen molar-refractivity contribution >= 4 is 0 Å². The van der Waals surface area contributed by atoms with E-state index in [2.05, 4.69) is 61.3 Å². The van der Waals surface area contributed by atoms with Crippen molar-refractivity contribution in [2.24, 2.45) is 11.8 Å². The van der Waals surface area contributed by atoms with E-state index in [4.69, 9.17) is 0 Å². The second-order valence-electron chi connectivity index (χ2n) is 5.72. The molecule has 1 saturated heterocycles. The molecule has 0 unspecified atom stereocenters. The van der Waals surface area contributed by atoms with Gasteiger partial charge in [0.05, 0.1) is 0 Å². The average molecular weight is 246 g/mol. The van der Waals surface area contributed by atoms with E-state index in [1.807, 2.05) is 0 Å². The highest BCUT2D eigenvalue weighted by atomic mass is 15.2. The lowest BCUT2D eigenvalue weighted by Crippen LogP contribution is -2.53. The lowest BCUT2D eigenvalue weighted by Gasteiger charge is -2.41. The van der Waals surface area contributed by atoms with Gasteiger partial charge in [0.2, 0.25) is 0 Å². The van der Waals surface area contributed by atoms with Crippen LogP contribution in [0.15, 0.2) is 30.3 Å². The standard InChI is InChI=1S/C16H26N2/c1-4-17-16-13(2)10-18(11-14(16)3)12-15-8-6-5-7-9-15/h5-9,13-14,16-17H,4,10-12H2,1-3H3/t13-,14-/m0/s1. The lowest BCUT2D eigenvalue weighted by molar-refractivity contribution is 0.0958. The van der Waals surface area contributed by atoms with E-state index in [0.717, 1.165) is 24.9 Å². The summed E-state index contributed by atoms with van der Waals surface area (Å²) in [6.07, 6.45) is 0. The Hall–Kier alpha value is -0.860. The molecule has 0 bridgehead atoms. The highest BCUT2D eigenvalue weighted by Gasteiger charge is 2.30. The molecular weight excluding hydrogens is 220 g/mol. The number of piperidine rings is 1. The molecule has 1 heterocycles. The Morgan fingerprint density at radius 3 is 2.28 bits per heavy atom. The molecule has 0 saturated carbocycles. The molecule has 1 aliphatic rings. The van der Waals surface area contributed by atoms with Crippen LogP contribution in [0.5, 0.6) is 0 Å². The third-order valence-corrected chi connectivity index (χ3v) is 4.01. The van der Waals surface area contributed by atoms with Crippen molar-refractivity contribution in [3.05, 3.63) is 35.9 Å². The minimum atomic E-state index is 0.682. The van der Waals surface area contributed by atoms with Crippen molar-refractivity contribution in [2.45, 2.75) is 33.4 Å². The quantitative estimate of drug-likeness (QED) is 0.879. The van der Waals surface area contributed by atoms with Gasteiger partial charge < -0.3 is 5.32 Å². The highest BCUT2D eigenvalue weighted by Crippen LogP contribution is 2.23. The van der Waals surface area contributed by atoms with E-state index < -0.39 is 0 Å². The van der Waals surface area contributed by atoms with Gasteiger partial charge in [0, 0.05) is 25.7 Å². The van der Waals surface area contributed by atoms with Gasteiger partial charge in [-0.2, -0.15) is 0 Å². The van der Waals surface area contributed by atoms with Crippen LogP contribution >= 0.6 is 0 Å². The second kappa shape index (κ2) is 6.35. The van der Waals surface area contributed by atoms with Crippen molar-refractivity contribution in [3.8, 4) is 0 Å². The fraction of sp³-hybridized carbons (Fsp3) is 0.625. The van der Waals surface area contributed by atoms with Gasteiger partial charge in [0.25, 0.3) is 0 Å². The Morgan fingerprint density at radius 1 is 1.11 bits per heavy atom. The Kier molecular flexibility index (Phi) is 4.79. The van der Waals surface area contributed by atoms with Gasteiger partial charge in [-0.25, -0.2) is 0 Å². The summed E-state index contributed by atoms with van der Waals surface area (Å²) in [5, 5.41) is 3.64. The monoisotopic (exact) mass is 246 g/mol. The van der Waals surface area contributed by atoms with Crippen LogP contribution in [0.4, 0.5) is 0 Å². The van der Waals surface area contributed by atoms with Crippen LogP contribution in [-0.2, 0) is 6.54 Å². The molecule has 2 atom stereocenters. The molecule has 2 heteroatoms. The smallest absolute Gasteiger partial charge is 0.0233 e. The zero-order valence-corrected chi connectivity index (χ0v) is 11.9. The SMILES string of the molecule is CCNC1[C@@H](C)CN(Cc2ccccc2)C[C@@H]1C. The first-order valence-electron chi connectivity index (χ1n) is 7.20. The predicted molar refractivity (Wildman–Crippen MR) is 77.5 cm³/mol. The Morgan fingerprint density at radius 2 is 1.72 bits per heavy atom. The molecule has 1 N–H and O–H groups in total. The van der Waals surface area contributed by atoms with Crippen LogP contribution < -0.4 is 5.32 Å². The number of likely N-dealkylation sites (tertiary alicyclic amines) is 1. The molecule has 18 heavy (non-hydrogen) atoms. The van der Waals surface area contributed by atoms with Crippen LogP contribution in [-0.4, -0.2) is 30.6 Å². The number of benzene rings is 1. The van der Waals surface area contributed by atoms with Crippen molar-refractivity contribution < 1.29 is 0 Å². The number of hydrogen-bond donors (Lipinski definition) is 1. The maximum absolute atomic E-state index is 3.64. The maximum atomic E-state index is 3.64. The van der Waals surface area contributed by atoms with Crippen LogP contribution in [0.3, 0.4) is 0 Å². The summed E-state index contributed by atoms with van der Waals surface area (Å²) in [6.45, 7) is 11.5. The topological polar surface area (TPSA) is 15.3 Å². The number of hydrogen-bond acceptors (Lipinski definition) is 2. The first-order chi connectivity index (χ1) is 8.70. The first-order valence-corrected chi connectivity index (χ1v) is 7.20. The average Bonchev–Trinajstić information content (AvgIpc) is 2.35. The Balaban J connectivity index is 1.93. The zero-order chi connectivity index (χ0) is 13.0. The fourth-order valence-electron chi connectivity index (χ4n) is 3.29. The van der Waals surface area contributed by atoms with Gasteiger partial charge in [-0.1, -0.05) is 51.1 Å². The number of nitrogens with zero attached hydrogens (tertiary/aromatic N) is 1. The predicted octanol–water partition coefficient (Wildman–Crippen LogP) is 2.75. The molecule has 1 aromatic carbocycles. The summed E-state index contributed by atoms with van der Waals surface area (Å²) >= 11 is 0. The summed E-state index contributed by atoms with van der Waals surface area (Å²) < 4.78 is 0. The lowest BCUT2D eigenvalue weighted by atomic mass is 9.85. The van der Waals surface area contributed by atoms with E-state index in [1.54, 1.807) is 0 Å². The van der Waals surface area contributed by atoms with Gasteiger partial charge in [0.15, 0.2) is 0 Å². The molecule has 0 aromatic heterocycles. The maximum Gasteiger partial charge on any atom is 0.0233 e. The summed E-state index contributed by atoms with van der Waals surface area (Å²) in [5.74, 6) is 1.47. The third kappa shape index (κ3) is 3.33. The molecule has 0 amide bonds. The van der Waals surface area contributed by atoms with Crippen molar-refractivity contribution in [1.29, 1.82) is 0 Å². The number of rotatable bonds is 4. The van der Waals surface area contributed by atoms with Crippen LogP contribution in [0.1, 0.15) is 26.3 Å². The minimum absolute atomic E-state index is 0.682. The molecule has 0 spiro atoms. The molecule has 2 nitrogen and oxygen atoms in total. The van der Waals surface area contributed by atoms with Gasteiger partial charge in [0.1, 0.15) is 0 Å². The molecular formula is C16H26N2. The normalized spacial score (nSPS) is 26.4.